The minimum Gasteiger partial charge on any atom is -0.368 e. The second kappa shape index (κ2) is 5.40. The lowest BCUT2D eigenvalue weighted by atomic mass is 10.2. The number of H-pyrrole nitrogens is 1. The molecular formula is C9H8BrClIN5. The van der Waals surface area contributed by atoms with Gasteiger partial charge in [0.05, 0.1) is 5.02 Å². The topological polar surface area (TPSA) is 79.6 Å². The minimum absolute atomic E-state index is 0.268. The number of halogens is 3. The highest BCUT2D eigenvalue weighted by molar-refractivity contribution is 14.1. The lowest BCUT2D eigenvalue weighted by molar-refractivity contribution is 1.10. The number of nitrogen functional groups attached to an aromatic ring is 1. The molecule has 0 aliphatic rings. The van der Waals surface area contributed by atoms with Gasteiger partial charge >= 0.3 is 0 Å². The van der Waals surface area contributed by atoms with E-state index in [1.165, 1.54) is 0 Å². The van der Waals surface area contributed by atoms with E-state index in [4.69, 9.17) is 17.3 Å². The van der Waals surface area contributed by atoms with Crippen LogP contribution in [0.2, 0.25) is 5.02 Å². The molecule has 0 unspecified atom stereocenters. The number of hydrogen-bond donors (Lipinski definition) is 3. The smallest absolute Gasteiger partial charge is 0.248 e. The first kappa shape index (κ1) is 12.9. The molecule has 0 amide bonds. The van der Waals surface area contributed by atoms with Crippen molar-refractivity contribution in [3.05, 3.63) is 27.2 Å². The predicted molar refractivity (Wildman–Crippen MR) is 81.0 cm³/mol. The van der Waals surface area contributed by atoms with Gasteiger partial charge in [-0.3, -0.25) is 0 Å². The molecule has 2 rings (SSSR count). The van der Waals surface area contributed by atoms with Gasteiger partial charge in [-0.15, -0.1) is 5.10 Å². The number of nitrogens with one attached hydrogen (secondary N) is 2. The molecule has 17 heavy (non-hydrogen) atoms. The monoisotopic (exact) mass is 427 g/mol. The molecule has 0 bridgehead atoms. The van der Waals surface area contributed by atoms with Crippen LogP contribution in [-0.4, -0.2) is 15.2 Å². The zero-order valence-corrected chi connectivity index (χ0v) is 13.0. The average molecular weight is 428 g/mol. The van der Waals surface area contributed by atoms with Crippen molar-refractivity contribution in [3.63, 3.8) is 0 Å². The van der Waals surface area contributed by atoms with E-state index in [2.05, 4.69) is 59.0 Å². The van der Waals surface area contributed by atoms with E-state index in [1.54, 1.807) is 6.07 Å². The van der Waals surface area contributed by atoms with E-state index in [9.17, 15) is 0 Å². The molecule has 1 aromatic heterocycles. The van der Waals surface area contributed by atoms with Crippen molar-refractivity contribution in [3.8, 4) is 0 Å². The molecule has 1 aromatic carbocycles. The summed E-state index contributed by atoms with van der Waals surface area (Å²) in [5, 5.41) is 10.1. The minimum atomic E-state index is 0.268. The molecule has 1 heterocycles. The molecule has 0 saturated carbocycles. The van der Waals surface area contributed by atoms with Crippen LogP contribution < -0.4 is 11.1 Å². The predicted octanol–water partition coefficient (Wildman–Crippen LogP) is 3.48. The number of rotatable bonds is 3. The molecule has 4 N–H and O–H groups in total. The van der Waals surface area contributed by atoms with Crippen LogP contribution in [0.25, 0.3) is 0 Å². The fourth-order valence-corrected chi connectivity index (χ4v) is 3.01. The van der Waals surface area contributed by atoms with Gasteiger partial charge in [0.15, 0.2) is 0 Å². The van der Waals surface area contributed by atoms with Crippen molar-refractivity contribution in [2.75, 3.05) is 11.1 Å². The first-order valence-corrected chi connectivity index (χ1v) is 7.28. The molecule has 0 aliphatic heterocycles. The molecule has 5 nitrogen and oxygen atoms in total. The Hall–Kier alpha value is -0.540. The molecule has 2 aromatic rings. The third-order valence-corrected chi connectivity index (χ3v) is 4.29. The largest absolute Gasteiger partial charge is 0.368 e. The maximum absolute atomic E-state index is 6.11. The summed E-state index contributed by atoms with van der Waals surface area (Å²) in [5.74, 6) is 0.685. The first-order chi connectivity index (χ1) is 8.10. The van der Waals surface area contributed by atoms with Crippen LogP contribution in [0.5, 0.6) is 0 Å². The van der Waals surface area contributed by atoms with E-state index in [0.717, 1.165) is 20.2 Å². The number of benzene rings is 1. The van der Waals surface area contributed by atoms with E-state index < -0.39 is 0 Å². The maximum Gasteiger partial charge on any atom is 0.248 e. The Labute approximate surface area is 125 Å². The number of aromatic nitrogens is 3. The highest BCUT2D eigenvalue weighted by Gasteiger charge is 2.08. The van der Waals surface area contributed by atoms with Crippen molar-refractivity contribution in [2.45, 2.75) is 4.43 Å². The van der Waals surface area contributed by atoms with Crippen molar-refractivity contribution >= 4 is 67.7 Å². The van der Waals surface area contributed by atoms with Crippen LogP contribution in [0.15, 0.2) is 16.6 Å². The number of hydrogen-bond acceptors (Lipinski definition) is 4. The normalized spacial score (nSPS) is 10.5. The third-order valence-electron chi connectivity index (χ3n) is 2.01. The summed E-state index contributed by atoms with van der Waals surface area (Å²) in [4.78, 5) is 3.96. The summed E-state index contributed by atoms with van der Waals surface area (Å²) in [7, 11) is 0. The van der Waals surface area contributed by atoms with Gasteiger partial charge in [-0.1, -0.05) is 34.2 Å². The highest BCUT2D eigenvalue weighted by atomic mass is 127. The fraction of sp³-hybridized carbons (Fsp3) is 0.111. The Morgan fingerprint density at radius 1 is 1.53 bits per heavy atom. The summed E-state index contributed by atoms with van der Waals surface area (Å²) in [6.07, 6.45) is 0. The molecule has 0 spiro atoms. The summed E-state index contributed by atoms with van der Waals surface area (Å²) in [6, 6.07) is 3.78. The van der Waals surface area contributed by atoms with Crippen molar-refractivity contribution in [1.29, 1.82) is 0 Å². The van der Waals surface area contributed by atoms with Crippen LogP contribution >= 0.6 is 50.1 Å². The molecular weight excluding hydrogens is 420 g/mol. The van der Waals surface area contributed by atoms with Gasteiger partial charge in [0, 0.05) is 14.6 Å². The van der Waals surface area contributed by atoms with E-state index >= 15 is 0 Å². The molecule has 90 valence electrons. The van der Waals surface area contributed by atoms with Gasteiger partial charge < -0.3 is 11.1 Å². The van der Waals surface area contributed by atoms with Crippen LogP contribution in [0.3, 0.4) is 0 Å². The lowest BCUT2D eigenvalue weighted by Crippen LogP contribution is -1.95. The summed E-state index contributed by atoms with van der Waals surface area (Å²) < 4.78 is 1.76. The molecule has 0 atom stereocenters. The van der Waals surface area contributed by atoms with Gasteiger partial charge in [-0.25, -0.2) is 5.10 Å². The molecule has 0 fully saturated rings. The number of alkyl halides is 1. The van der Waals surface area contributed by atoms with E-state index in [1.807, 2.05) is 6.07 Å². The standard InChI is InChI=1S/C9H8BrClIN5/c10-7-4(3-12)1-5(2-6(7)11)14-9-15-8(13)16-17-9/h1-2H,3H2,(H4,13,14,15,16,17). The van der Waals surface area contributed by atoms with Crippen LogP contribution in [0, 0.1) is 0 Å². The van der Waals surface area contributed by atoms with Crippen LogP contribution in [0.1, 0.15) is 5.56 Å². The van der Waals surface area contributed by atoms with Crippen LogP contribution in [-0.2, 0) is 4.43 Å². The Balaban J connectivity index is 2.30. The number of nitrogens with zero attached hydrogens (tertiary/aromatic N) is 2. The molecule has 0 saturated heterocycles. The SMILES string of the molecule is Nc1nc(Nc2cc(Cl)c(Br)c(CI)c2)n[nH]1. The van der Waals surface area contributed by atoms with Gasteiger partial charge in [0.1, 0.15) is 0 Å². The Morgan fingerprint density at radius 3 is 2.88 bits per heavy atom. The molecule has 0 aliphatic carbocycles. The zero-order chi connectivity index (χ0) is 12.4. The summed E-state index contributed by atoms with van der Waals surface area (Å²) in [6.45, 7) is 0. The highest BCUT2D eigenvalue weighted by Crippen LogP contribution is 2.32. The average Bonchev–Trinajstić information content (AvgIpc) is 2.69. The van der Waals surface area contributed by atoms with Crippen molar-refractivity contribution < 1.29 is 0 Å². The first-order valence-electron chi connectivity index (χ1n) is 4.59. The number of anilines is 3. The van der Waals surface area contributed by atoms with Gasteiger partial charge in [0.25, 0.3) is 0 Å². The van der Waals surface area contributed by atoms with E-state index in [0.29, 0.717) is 11.0 Å². The van der Waals surface area contributed by atoms with Crippen molar-refractivity contribution in [1.82, 2.24) is 15.2 Å². The molecule has 8 heteroatoms. The van der Waals surface area contributed by atoms with Crippen molar-refractivity contribution in [2.24, 2.45) is 0 Å². The fourth-order valence-electron chi connectivity index (χ4n) is 1.27. The Bertz CT molecular complexity index is 544. The quantitative estimate of drug-likeness (QED) is 0.517. The van der Waals surface area contributed by atoms with Gasteiger partial charge in [0.2, 0.25) is 11.9 Å². The van der Waals surface area contributed by atoms with E-state index in [-0.39, 0.29) is 5.95 Å². The van der Waals surface area contributed by atoms with Gasteiger partial charge in [-0.2, -0.15) is 4.98 Å². The number of aromatic amines is 1. The number of nitrogens with two attached hydrogens (primary N) is 1. The maximum atomic E-state index is 6.11. The zero-order valence-electron chi connectivity index (χ0n) is 8.47. The summed E-state index contributed by atoms with van der Waals surface area (Å²) >= 11 is 11.8. The second-order valence-corrected chi connectivity index (χ2v) is 5.20. The van der Waals surface area contributed by atoms with Crippen LogP contribution in [0.4, 0.5) is 17.6 Å². The van der Waals surface area contributed by atoms with Gasteiger partial charge in [-0.05, 0) is 33.6 Å². The Kier molecular flexibility index (Phi) is 4.10. The summed E-state index contributed by atoms with van der Waals surface area (Å²) in [5.41, 5.74) is 7.36. The molecule has 0 radical (unpaired) electrons. The Morgan fingerprint density at radius 2 is 2.29 bits per heavy atom. The third kappa shape index (κ3) is 3.02. The lowest BCUT2D eigenvalue weighted by Gasteiger charge is -2.08. The second-order valence-electron chi connectivity index (χ2n) is 3.23.